The smallest absolute Gasteiger partial charge is 0.415 e. The Morgan fingerprint density at radius 1 is 0.857 bits per heavy atom. The third-order valence-corrected chi connectivity index (χ3v) is 6.49. The summed E-state index contributed by atoms with van der Waals surface area (Å²) in [7, 11) is -7.41. The molecule has 0 fully saturated rings. The van der Waals surface area contributed by atoms with Crippen LogP contribution in [0.1, 0.15) is 0 Å². The standard InChI is InChI=1S/C14H15O5PS/c1-21(16,17)12-20(15,18-13-8-4-2-5-9-13)19-14-10-6-3-7-11-14/h2-11H,12H2,1H3. The summed E-state index contributed by atoms with van der Waals surface area (Å²) in [6, 6.07) is 16.7. The Hall–Kier alpha value is -1.78. The van der Waals surface area contributed by atoms with E-state index in [9.17, 15) is 13.0 Å². The van der Waals surface area contributed by atoms with Gasteiger partial charge in [0.1, 0.15) is 11.5 Å². The Morgan fingerprint density at radius 2 is 1.24 bits per heavy atom. The second-order valence-electron chi connectivity index (χ2n) is 4.47. The van der Waals surface area contributed by atoms with E-state index in [1.165, 1.54) is 0 Å². The first-order chi connectivity index (χ1) is 9.86. The van der Waals surface area contributed by atoms with Gasteiger partial charge in [0, 0.05) is 6.26 Å². The molecular weight excluding hydrogens is 311 g/mol. The summed E-state index contributed by atoms with van der Waals surface area (Å²) < 4.78 is 46.4. The minimum atomic E-state index is -3.87. The number of hydrogen-bond acceptors (Lipinski definition) is 5. The molecule has 0 heterocycles. The highest BCUT2D eigenvalue weighted by molar-refractivity contribution is 7.97. The summed E-state index contributed by atoms with van der Waals surface area (Å²) in [5.74, 6) is 0.584. The fourth-order valence-electron chi connectivity index (χ4n) is 1.64. The molecule has 2 aromatic carbocycles. The van der Waals surface area contributed by atoms with E-state index in [0.29, 0.717) is 11.5 Å². The summed E-state index contributed by atoms with van der Waals surface area (Å²) >= 11 is 0. The first-order valence-electron chi connectivity index (χ1n) is 6.12. The second-order valence-corrected chi connectivity index (χ2v) is 8.95. The maximum Gasteiger partial charge on any atom is 0.445 e. The van der Waals surface area contributed by atoms with Gasteiger partial charge in [0.05, 0.1) is 0 Å². The van der Waals surface area contributed by atoms with Crippen LogP contribution in [0.25, 0.3) is 0 Å². The largest absolute Gasteiger partial charge is 0.445 e. The van der Waals surface area contributed by atoms with E-state index >= 15 is 0 Å². The van der Waals surface area contributed by atoms with Crippen LogP contribution in [0.15, 0.2) is 60.7 Å². The zero-order valence-electron chi connectivity index (χ0n) is 11.4. The van der Waals surface area contributed by atoms with Crippen LogP contribution in [0.2, 0.25) is 0 Å². The molecule has 112 valence electrons. The number of rotatable bonds is 6. The van der Waals surface area contributed by atoms with E-state index in [4.69, 9.17) is 9.05 Å². The molecule has 0 atom stereocenters. The molecule has 0 saturated carbocycles. The molecule has 21 heavy (non-hydrogen) atoms. The molecule has 0 aromatic heterocycles. The van der Waals surface area contributed by atoms with Crippen molar-refractivity contribution in [3.05, 3.63) is 60.7 Å². The third kappa shape index (κ3) is 5.25. The van der Waals surface area contributed by atoms with Crippen molar-refractivity contribution in [1.29, 1.82) is 0 Å². The van der Waals surface area contributed by atoms with E-state index in [1.807, 2.05) is 0 Å². The zero-order chi connectivity index (χ0) is 15.3. The molecule has 2 aromatic rings. The SMILES string of the molecule is CS(=O)(=O)CP(=O)(Oc1ccccc1)Oc1ccccc1. The van der Waals surface area contributed by atoms with Gasteiger partial charge in [-0.05, 0) is 24.3 Å². The molecule has 0 saturated heterocycles. The molecule has 0 aliphatic carbocycles. The topological polar surface area (TPSA) is 69.7 Å². The van der Waals surface area contributed by atoms with Gasteiger partial charge in [0.2, 0.25) is 0 Å². The Bertz CT molecular complexity index is 683. The predicted octanol–water partition coefficient (Wildman–Crippen LogP) is 3.34. The van der Waals surface area contributed by atoms with Crippen LogP contribution in [0, 0.1) is 0 Å². The summed E-state index contributed by atoms with van der Waals surface area (Å²) in [5, 5.41) is 0. The van der Waals surface area contributed by atoms with Crippen LogP contribution in [0.4, 0.5) is 0 Å². The molecule has 2 rings (SSSR count). The van der Waals surface area contributed by atoms with Crippen molar-refractivity contribution < 1.29 is 22.0 Å². The average Bonchev–Trinajstić information content (AvgIpc) is 2.38. The van der Waals surface area contributed by atoms with Crippen molar-refractivity contribution in [3.63, 3.8) is 0 Å². The molecule has 0 bridgehead atoms. The van der Waals surface area contributed by atoms with Gasteiger partial charge < -0.3 is 9.05 Å². The lowest BCUT2D eigenvalue weighted by molar-refractivity contribution is 0.391. The lowest BCUT2D eigenvalue weighted by Crippen LogP contribution is -2.12. The Kier molecular flexibility index (Phi) is 4.70. The van der Waals surface area contributed by atoms with Crippen molar-refractivity contribution in [1.82, 2.24) is 0 Å². The highest BCUT2D eigenvalue weighted by atomic mass is 32.2. The summed E-state index contributed by atoms with van der Waals surface area (Å²) in [5.41, 5.74) is -0.691. The molecule has 0 radical (unpaired) electrons. The normalized spacial score (nSPS) is 11.9. The quantitative estimate of drug-likeness (QED) is 0.762. The Balaban J connectivity index is 2.28. The maximum absolute atomic E-state index is 12.7. The third-order valence-electron chi connectivity index (χ3n) is 2.37. The minimum Gasteiger partial charge on any atom is -0.415 e. The fraction of sp³-hybridized carbons (Fsp3) is 0.143. The van der Waals surface area contributed by atoms with Crippen LogP contribution in [-0.2, 0) is 14.4 Å². The lowest BCUT2D eigenvalue weighted by Gasteiger charge is -2.19. The van der Waals surface area contributed by atoms with E-state index in [2.05, 4.69) is 0 Å². The van der Waals surface area contributed by atoms with Gasteiger partial charge in [-0.2, -0.15) is 0 Å². The first-order valence-corrected chi connectivity index (χ1v) is 9.91. The number of benzene rings is 2. The monoisotopic (exact) mass is 326 g/mol. The van der Waals surface area contributed by atoms with Crippen LogP contribution in [-0.4, -0.2) is 20.2 Å². The average molecular weight is 326 g/mol. The van der Waals surface area contributed by atoms with Crippen molar-refractivity contribution in [2.24, 2.45) is 0 Å². The fourth-order valence-corrected chi connectivity index (χ4v) is 5.28. The van der Waals surface area contributed by atoms with Crippen LogP contribution < -0.4 is 9.05 Å². The summed E-state index contributed by atoms with van der Waals surface area (Å²) in [6.07, 6.45) is 0.988. The van der Waals surface area contributed by atoms with E-state index in [1.54, 1.807) is 60.7 Å². The molecular formula is C14H15O5PS. The predicted molar refractivity (Wildman–Crippen MR) is 81.5 cm³/mol. The molecule has 0 unspecified atom stereocenters. The van der Waals surface area contributed by atoms with E-state index < -0.39 is 22.9 Å². The Morgan fingerprint density at radius 3 is 1.57 bits per heavy atom. The van der Waals surface area contributed by atoms with Gasteiger partial charge >= 0.3 is 7.60 Å². The molecule has 0 aliphatic heterocycles. The van der Waals surface area contributed by atoms with Crippen molar-refractivity contribution in [3.8, 4) is 11.5 Å². The number of sulfone groups is 1. The molecule has 0 N–H and O–H groups in total. The van der Waals surface area contributed by atoms with Gasteiger partial charge in [-0.15, -0.1) is 0 Å². The van der Waals surface area contributed by atoms with Crippen molar-refractivity contribution >= 4 is 17.4 Å². The van der Waals surface area contributed by atoms with E-state index in [-0.39, 0.29) is 0 Å². The first kappa shape index (κ1) is 15.6. The molecule has 0 spiro atoms. The van der Waals surface area contributed by atoms with Gasteiger partial charge in [-0.3, -0.25) is 0 Å². The zero-order valence-corrected chi connectivity index (χ0v) is 13.1. The molecule has 7 heteroatoms. The van der Waals surface area contributed by atoms with Crippen molar-refractivity contribution in [2.75, 3.05) is 11.7 Å². The van der Waals surface area contributed by atoms with Gasteiger partial charge in [-0.1, -0.05) is 36.4 Å². The van der Waals surface area contributed by atoms with Crippen LogP contribution >= 0.6 is 7.60 Å². The maximum atomic E-state index is 12.7. The highest BCUT2D eigenvalue weighted by Crippen LogP contribution is 2.49. The van der Waals surface area contributed by atoms with Crippen LogP contribution in [0.5, 0.6) is 11.5 Å². The lowest BCUT2D eigenvalue weighted by atomic mass is 10.3. The number of hydrogen-bond donors (Lipinski definition) is 0. The summed E-state index contributed by atoms with van der Waals surface area (Å²) in [4.78, 5) is 0. The Labute approximate surface area is 124 Å². The van der Waals surface area contributed by atoms with Crippen LogP contribution in [0.3, 0.4) is 0 Å². The number of para-hydroxylation sites is 2. The molecule has 0 amide bonds. The highest BCUT2D eigenvalue weighted by Gasteiger charge is 2.33. The minimum absolute atomic E-state index is 0.292. The van der Waals surface area contributed by atoms with Gasteiger partial charge in [0.15, 0.2) is 15.3 Å². The van der Waals surface area contributed by atoms with Crippen molar-refractivity contribution in [2.45, 2.75) is 0 Å². The second kappa shape index (κ2) is 6.33. The molecule has 5 nitrogen and oxygen atoms in total. The van der Waals surface area contributed by atoms with Gasteiger partial charge in [-0.25, -0.2) is 13.0 Å². The van der Waals surface area contributed by atoms with Gasteiger partial charge in [0.25, 0.3) is 0 Å². The summed E-state index contributed by atoms with van der Waals surface area (Å²) in [6.45, 7) is 0. The molecule has 0 aliphatic rings. The van der Waals surface area contributed by atoms with E-state index in [0.717, 1.165) is 6.26 Å².